The van der Waals surface area contributed by atoms with Crippen LogP contribution in [0.2, 0.25) is 0 Å². The van der Waals surface area contributed by atoms with Crippen molar-refractivity contribution in [2.75, 3.05) is 25.9 Å². The second-order valence-electron chi connectivity index (χ2n) is 7.86. The molecule has 0 N–H and O–H groups in total. The Morgan fingerprint density at radius 2 is 1.25 bits per heavy atom. The Bertz CT molecular complexity index is 751. The molecule has 0 aliphatic carbocycles. The molecule has 1 aliphatic heterocycles. The highest BCUT2D eigenvalue weighted by molar-refractivity contribution is 8.00. The third kappa shape index (κ3) is 4.04. The minimum atomic E-state index is -0.181. The summed E-state index contributed by atoms with van der Waals surface area (Å²) < 4.78 is -0.181. The quantitative estimate of drug-likeness (QED) is 0.473. The molecule has 3 aromatic rings. The van der Waals surface area contributed by atoms with Gasteiger partial charge in [-0.3, -0.25) is 0 Å². The Hall–Kier alpha value is -2.03. The molecule has 0 aromatic heterocycles. The van der Waals surface area contributed by atoms with Gasteiger partial charge in [-0.1, -0.05) is 91.0 Å². The predicted octanol–water partition coefficient (Wildman–Crippen LogP) is 6.05. The van der Waals surface area contributed by atoms with E-state index in [4.69, 9.17) is 0 Å². The molecular formula is C26H29NS. The fourth-order valence-corrected chi connectivity index (χ4v) is 6.09. The summed E-state index contributed by atoms with van der Waals surface area (Å²) in [4.78, 5) is 2.49. The number of thioether (sulfide) groups is 1. The van der Waals surface area contributed by atoms with Gasteiger partial charge in [0.15, 0.2) is 0 Å². The smallest absolute Gasteiger partial charge is 0.0907 e. The normalized spacial score (nSPS) is 18.1. The average molecular weight is 388 g/mol. The van der Waals surface area contributed by atoms with Gasteiger partial charge in [-0.15, -0.1) is 11.8 Å². The van der Waals surface area contributed by atoms with Gasteiger partial charge in [0.1, 0.15) is 0 Å². The average Bonchev–Trinajstić information content (AvgIpc) is 2.77. The van der Waals surface area contributed by atoms with Crippen LogP contribution in [-0.4, -0.2) is 30.8 Å². The van der Waals surface area contributed by atoms with Crippen molar-refractivity contribution in [3.8, 4) is 0 Å². The van der Waals surface area contributed by atoms with Gasteiger partial charge < -0.3 is 4.90 Å². The molecule has 0 amide bonds. The monoisotopic (exact) mass is 387 g/mol. The second kappa shape index (κ2) is 8.98. The van der Waals surface area contributed by atoms with Crippen molar-refractivity contribution in [3.05, 3.63) is 108 Å². The SMILES string of the molecule is CN1CCCC(CSC(c2ccccc2)(c2ccccc2)c2ccccc2)C1. The number of hydrogen-bond acceptors (Lipinski definition) is 2. The van der Waals surface area contributed by atoms with Crippen LogP contribution in [0, 0.1) is 5.92 Å². The van der Waals surface area contributed by atoms with Gasteiger partial charge in [0.05, 0.1) is 4.75 Å². The summed E-state index contributed by atoms with van der Waals surface area (Å²) in [6.07, 6.45) is 2.66. The van der Waals surface area contributed by atoms with Gasteiger partial charge in [-0.05, 0) is 54.8 Å². The minimum Gasteiger partial charge on any atom is -0.306 e. The van der Waals surface area contributed by atoms with Crippen molar-refractivity contribution in [3.63, 3.8) is 0 Å². The van der Waals surface area contributed by atoms with Gasteiger partial charge in [0.2, 0.25) is 0 Å². The summed E-state index contributed by atoms with van der Waals surface area (Å²) in [7, 11) is 2.26. The zero-order chi connectivity index (χ0) is 19.2. The molecular weight excluding hydrogens is 358 g/mol. The molecule has 4 rings (SSSR count). The van der Waals surface area contributed by atoms with Crippen LogP contribution in [0.1, 0.15) is 29.5 Å². The van der Waals surface area contributed by atoms with E-state index in [-0.39, 0.29) is 4.75 Å². The molecule has 0 spiro atoms. The molecule has 1 heterocycles. The van der Waals surface area contributed by atoms with Crippen molar-refractivity contribution in [1.29, 1.82) is 0 Å². The highest BCUT2D eigenvalue weighted by Gasteiger charge is 2.37. The molecule has 1 atom stereocenters. The second-order valence-corrected chi connectivity index (χ2v) is 9.10. The van der Waals surface area contributed by atoms with Gasteiger partial charge in [0.25, 0.3) is 0 Å². The molecule has 0 saturated carbocycles. The molecule has 0 radical (unpaired) electrons. The van der Waals surface area contributed by atoms with Crippen LogP contribution in [-0.2, 0) is 4.75 Å². The van der Waals surface area contributed by atoms with Crippen molar-refractivity contribution >= 4 is 11.8 Å². The Balaban J connectivity index is 1.79. The van der Waals surface area contributed by atoms with E-state index in [2.05, 4.69) is 115 Å². The summed E-state index contributed by atoms with van der Waals surface area (Å²) in [5.74, 6) is 1.92. The van der Waals surface area contributed by atoms with Gasteiger partial charge in [-0.25, -0.2) is 0 Å². The third-order valence-corrected chi connectivity index (χ3v) is 7.58. The fraction of sp³-hybridized carbons (Fsp3) is 0.308. The molecule has 1 unspecified atom stereocenters. The van der Waals surface area contributed by atoms with Crippen LogP contribution in [0.3, 0.4) is 0 Å². The van der Waals surface area contributed by atoms with Crippen molar-refractivity contribution in [2.45, 2.75) is 17.6 Å². The molecule has 2 heteroatoms. The Kier molecular flexibility index (Phi) is 6.19. The molecule has 0 bridgehead atoms. The summed E-state index contributed by atoms with van der Waals surface area (Å²) in [5, 5.41) is 0. The van der Waals surface area contributed by atoms with E-state index in [9.17, 15) is 0 Å². The largest absolute Gasteiger partial charge is 0.306 e. The summed E-state index contributed by atoms with van der Waals surface area (Å²) >= 11 is 2.11. The molecule has 144 valence electrons. The first-order valence-electron chi connectivity index (χ1n) is 10.3. The number of hydrogen-bond donors (Lipinski definition) is 0. The fourth-order valence-electron chi connectivity index (χ4n) is 4.42. The Labute approximate surface area is 173 Å². The first-order valence-corrected chi connectivity index (χ1v) is 11.3. The van der Waals surface area contributed by atoms with Crippen LogP contribution in [0.25, 0.3) is 0 Å². The highest BCUT2D eigenvalue weighted by Crippen LogP contribution is 2.49. The molecule has 1 nitrogen and oxygen atoms in total. The van der Waals surface area contributed by atoms with Crippen molar-refractivity contribution in [1.82, 2.24) is 4.90 Å². The molecule has 3 aromatic carbocycles. The number of likely N-dealkylation sites (tertiary alicyclic amines) is 1. The molecule has 1 fully saturated rings. The lowest BCUT2D eigenvalue weighted by Gasteiger charge is -2.38. The Morgan fingerprint density at radius 3 is 1.68 bits per heavy atom. The third-order valence-electron chi connectivity index (χ3n) is 5.80. The lowest BCUT2D eigenvalue weighted by molar-refractivity contribution is 0.224. The summed E-state index contributed by atoms with van der Waals surface area (Å²) in [6, 6.07) is 33.1. The lowest BCUT2D eigenvalue weighted by Crippen LogP contribution is -2.34. The van der Waals surface area contributed by atoms with Gasteiger partial charge in [-0.2, -0.15) is 0 Å². The maximum Gasteiger partial charge on any atom is 0.0907 e. The van der Waals surface area contributed by atoms with E-state index in [1.54, 1.807) is 0 Å². The topological polar surface area (TPSA) is 3.24 Å². The Morgan fingerprint density at radius 1 is 0.786 bits per heavy atom. The lowest BCUT2D eigenvalue weighted by atomic mass is 9.84. The van der Waals surface area contributed by atoms with E-state index in [1.807, 2.05) is 0 Å². The van der Waals surface area contributed by atoms with Crippen LogP contribution in [0.15, 0.2) is 91.0 Å². The maximum atomic E-state index is 2.49. The minimum absolute atomic E-state index is 0.181. The van der Waals surface area contributed by atoms with E-state index in [0.717, 1.165) is 5.92 Å². The van der Waals surface area contributed by atoms with Gasteiger partial charge in [0, 0.05) is 6.54 Å². The standard InChI is InChI=1S/C26H29NS/c1-27-19-11-12-22(20-27)21-28-26(23-13-5-2-6-14-23,24-15-7-3-8-16-24)25-17-9-4-10-18-25/h2-10,13-18,22H,11-12,19-21H2,1H3. The van der Waals surface area contributed by atoms with Crippen LogP contribution < -0.4 is 0 Å². The molecule has 1 aliphatic rings. The number of piperidine rings is 1. The molecule has 28 heavy (non-hydrogen) atoms. The van der Waals surface area contributed by atoms with Crippen LogP contribution in [0.5, 0.6) is 0 Å². The van der Waals surface area contributed by atoms with E-state index < -0.39 is 0 Å². The van der Waals surface area contributed by atoms with Crippen molar-refractivity contribution < 1.29 is 0 Å². The van der Waals surface area contributed by atoms with Crippen LogP contribution in [0.4, 0.5) is 0 Å². The summed E-state index contributed by atoms with van der Waals surface area (Å²) in [5.41, 5.74) is 4.09. The summed E-state index contributed by atoms with van der Waals surface area (Å²) in [6.45, 7) is 2.45. The highest BCUT2D eigenvalue weighted by atomic mass is 32.2. The maximum absolute atomic E-state index is 2.49. The van der Waals surface area contributed by atoms with E-state index in [1.165, 1.54) is 48.4 Å². The van der Waals surface area contributed by atoms with Crippen LogP contribution >= 0.6 is 11.8 Å². The first kappa shape index (κ1) is 19.3. The van der Waals surface area contributed by atoms with E-state index in [0.29, 0.717) is 0 Å². The first-order chi connectivity index (χ1) is 13.8. The number of nitrogens with zero attached hydrogens (tertiary/aromatic N) is 1. The van der Waals surface area contributed by atoms with E-state index >= 15 is 0 Å². The van der Waals surface area contributed by atoms with Crippen molar-refractivity contribution in [2.24, 2.45) is 5.92 Å². The van der Waals surface area contributed by atoms with Gasteiger partial charge >= 0.3 is 0 Å². The number of benzene rings is 3. The predicted molar refractivity (Wildman–Crippen MR) is 122 cm³/mol. The zero-order valence-electron chi connectivity index (χ0n) is 16.6. The molecule has 1 saturated heterocycles. The number of rotatable bonds is 6. The zero-order valence-corrected chi connectivity index (χ0v) is 17.4.